The summed E-state index contributed by atoms with van der Waals surface area (Å²) in [6.07, 6.45) is 0.202. The van der Waals surface area contributed by atoms with Crippen LogP contribution >= 0.6 is 0 Å². The van der Waals surface area contributed by atoms with E-state index < -0.39 is 37.1 Å². The van der Waals surface area contributed by atoms with Gasteiger partial charge in [-0.1, -0.05) is 49.2 Å². The Morgan fingerprint density at radius 1 is 0.968 bits per heavy atom. The van der Waals surface area contributed by atoms with Crippen molar-refractivity contribution in [1.82, 2.24) is 0 Å². The second-order valence-electron chi connectivity index (χ2n) is 9.08. The lowest BCUT2D eigenvalue weighted by Crippen LogP contribution is -2.55. The summed E-state index contributed by atoms with van der Waals surface area (Å²) in [6.45, 7) is 3.81. The van der Waals surface area contributed by atoms with Gasteiger partial charge in [0.25, 0.3) is 0 Å². The fourth-order valence-corrected chi connectivity index (χ4v) is 5.21. The van der Waals surface area contributed by atoms with E-state index in [2.05, 4.69) is 44.2 Å². The molecule has 168 valence electrons. The largest absolute Gasteiger partial charge is 0.394 e. The maximum Gasteiger partial charge on any atom is 0.113 e. The van der Waals surface area contributed by atoms with Crippen molar-refractivity contribution in [1.29, 1.82) is 0 Å². The molecule has 5 atom stereocenters. The highest BCUT2D eigenvalue weighted by atomic mass is 16.5. The highest BCUT2D eigenvalue weighted by Crippen LogP contribution is 2.40. The van der Waals surface area contributed by atoms with Gasteiger partial charge >= 0.3 is 0 Å². The minimum absolute atomic E-state index is 0.411. The lowest BCUT2D eigenvalue weighted by molar-refractivity contribution is -0.231. The predicted octanol–water partition coefficient (Wildman–Crippen LogP) is 2.54. The summed E-state index contributed by atoms with van der Waals surface area (Å²) in [6, 6.07) is 10.7. The lowest BCUT2D eigenvalue weighted by atomic mass is 9.82. The van der Waals surface area contributed by atoms with Gasteiger partial charge in [-0.15, -0.1) is 0 Å². The first-order valence-electron chi connectivity index (χ1n) is 11.5. The molecule has 1 fully saturated rings. The van der Waals surface area contributed by atoms with Gasteiger partial charge in [-0.25, -0.2) is 0 Å². The third kappa shape index (κ3) is 4.30. The average molecular weight is 427 g/mol. The maximum absolute atomic E-state index is 10.8. The highest BCUT2D eigenvalue weighted by molar-refractivity contribution is 5.51. The molecule has 0 aromatic heterocycles. The summed E-state index contributed by atoms with van der Waals surface area (Å²) in [5.74, 6) is 0. The van der Waals surface area contributed by atoms with Gasteiger partial charge in [-0.2, -0.15) is 0 Å². The fourth-order valence-electron chi connectivity index (χ4n) is 5.21. The first-order valence-corrected chi connectivity index (χ1v) is 11.5. The van der Waals surface area contributed by atoms with Crippen LogP contribution in [0.3, 0.4) is 0 Å². The molecule has 1 saturated heterocycles. The number of aryl methyl sites for hydroxylation is 1. The summed E-state index contributed by atoms with van der Waals surface area (Å²) in [5.41, 5.74) is 8.57. The maximum atomic E-state index is 10.8. The van der Waals surface area contributed by atoms with Gasteiger partial charge in [0.05, 0.1) is 6.61 Å². The molecule has 1 heterocycles. The van der Waals surface area contributed by atoms with Crippen molar-refractivity contribution in [3.8, 4) is 0 Å². The van der Waals surface area contributed by atoms with Gasteiger partial charge in [0.2, 0.25) is 0 Å². The second-order valence-corrected chi connectivity index (χ2v) is 9.08. The van der Waals surface area contributed by atoms with E-state index in [4.69, 9.17) is 4.74 Å². The number of rotatable bonds is 6. The molecular formula is C26H34O5. The van der Waals surface area contributed by atoms with Gasteiger partial charge in [-0.3, -0.25) is 0 Å². The molecule has 0 saturated carbocycles. The molecule has 4 rings (SSSR count). The van der Waals surface area contributed by atoms with E-state index in [9.17, 15) is 20.4 Å². The van der Waals surface area contributed by atoms with Crippen LogP contribution < -0.4 is 0 Å². The van der Waals surface area contributed by atoms with Crippen LogP contribution in [0.25, 0.3) is 0 Å². The third-order valence-corrected chi connectivity index (χ3v) is 6.86. The Labute approximate surface area is 184 Å². The molecule has 0 unspecified atom stereocenters. The van der Waals surface area contributed by atoms with Gasteiger partial charge in [-0.05, 0) is 72.4 Å². The normalized spacial score (nSPS) is 28.0. The summed E-state index contributed by atoms with van der Waals surface area (Å²) >= 11 is 0. The number of hydrogen-bond donors (Lipinski definition) is 4. The van der Waals surface area contributed by atoms with Crippen LogP contribution in [0.2, 0.25) is 0 Å². The van der Waals surface area contributed by atoms with E-state index in [0.29, 0.717) is 0 Å². The van der Waals surface area contributed by atoms with E-state index in [1.807, 2.05) is 0 Å². The first-order chi connectivity index (χ1) is 14.9. The van der Waals surface area contributed by atoms with E-state index in [1.165, 1.54) is 33.4 Å². The number of aliphatic hydroxyl groups excluding tert-OH is 4. The fraction of sp³-hybridized carbons (Fsp3) is 0.538. The van der Waals surface area contributed by atoms with Crippen LogP contribution in [0.15, 0.2) is 30.3 Å². The van der Waals surface area contributed by atoms with Crippen molar-refractivity contribution in [3.05, 3.63) is 69.3 Å². The molecular weight excluding hydrogens is 392 g/mol. The highest BCUT2D eigenvalue weighted by Gasteiger charge is 2.45. The zero-order valence-corrected chi connectivity index (χ0v) is 18.4. The Hall–Kier alpha value is -1.76. The summed E-state index contributed by atoms with van der Waals surface area (Å²) < 4.78 is 5.97. The molecule has 0 radical (unpaired) electrons. The molecule has 31 heavy (non-hydrogen) atoms. The van der Waals surface area contributed by atoms with Crippen LogP contribution in [0, 0.1) is 6.92 Å². The average Bonchev–Trinajstić information content (AvgIpc) is 3.26. The van der Waals surface area contributed by atoms with Crippen LogP contribution in [0.4, 0.5) is 0 Å². The Kier molecular flexibility index (Phi) is 6.80. The zero-order chi connectivity index (χ0) is 22.1. The van der Waals surface area contributed by atoms with E-state index in [1.54, 1.807) is 0 Å². The third-order valence-electron chi connectivity index (χ3n) is 6.86. The van der Waals surface area contributed by atoms with Crippen LogP contribution in [0.1, 0.15) is 64.8 Å². The van der Waals surface area contributed by atoms with Crippen molar-refractivity contribution >= 4 is 0 Å². The number of ether oxygens (including phenoxy) is 1. The molecule has 5 nitrogen and oxygen atoms in total. The topological polar surface area (TPSA) is 90.2 Å². The molecule has 5 heteroatoms. The molecule has 2 aromatic rings. The van der Waals surface area contributed by atoms with E-state index >= 15 is 0 Å². The summed E-state index contributed by atoms with van der Waals surface area (Å²) in [4.78, 5) is 0. The Morgan fingerprint density at radius 3 is 2.35 bits per heavy atom. The monoisotopic (exact) mass is 426 g/mol. The van der Waals surface area contributed by atoms with Crippen LogP contribution in [-0.4, -0.2) is 51.4 Å². The van der Waals surface area contributed by atoms with Gasteiger partial charge in [0.1, 0.15) is 30.5 Å². The smallest absolute Gasteiger partial charge is 0.113 e. The zero-order valence-electron chi connectivity index (χ0n) is 18.4. The molecule has 2 aromatic carbocycles. The first kappa shape index (κ1) is 22.4. The van der Waals surface area contributed by atoms with Crippen molar-refractivity contribution in [2.24, 2.45) is 0 Å². The van der Waals surface area contributed by atoms with Crippen molar-refractivity contribution in [2.45, 2.75) is 82.9 Å². The van der Waals surface area contributed by atoms with Crippen LogP contribution in [-0.2, 0) is 30.4 Å². The molecule has 1 aliphatic heterocycles. The molecule has 0 bridgehead atoms. The molecule has 1 aliphatic carbocycles. The number of benzene rings is 2. The molecule has 2 aliphatic rings. The van der Waals surface area contributed by atoms with Gasteiger partial charge < -0.3 is 25.2 Å². The summed E-state index contributed by atoms with van der Waals surface area (Å²) in [7, 11) is 0. The molecule has 4 N–H and O–H groups in total. The van der Waals surface area contributed by atoms with Crippen molar-refractivity contribution in [2.75, 3.05) is 6.61 Å². The molecule has 0 spiro atoms. The number of fused-ring (bicyclic) bond motifs is 1. The SMILES string of the molecule is CCCc1c([C@H]2O[C@@H](CO)[C@H](O)[C@H](O)[C@H]2O)cc(Cc2ccc(C)cc2)c2c1CCC2. The quantitative estimate of drug-likeness (QED) is 0.570. The van der Waals surface area contributed by atoms with Gasteiger partial charge in [0, 0.05) is 0 Å². The summed E-state index contributed by atoms with van der Waals surface area (Å²) in [5, 5.41) is 41.1. The Balaban J connectivity index is 1.79. The predicted molar refractivity (Wildman–Crippen MR) is 119 cm³/mol. The number of hydrogen-bond acceptors (Lipinski definition) is 5. The minimum atomic E-state index is -1.36. The standard InChI is InChI=1S/C26H34O5/c1-3-5-19-20-7-4-6-18(20)17(12-16-10-8-15(2)9-11-16)13-21(19)26-25(30)24(29)23(28)22(14-27)31-26/h8-11,13,22-30H,3-7,12,14H2,1-2H3/t22-,23-,24-,25+,26+/m0/s1. The van der Waals surface area contributed by atoms with Crippen LogP contribution in [0.5, 0.6) is 0 Å². The van der Waals surface area contributed by atoms with Crippen molar-refractivity contribution < 1.29 is 25.2 Å². The molecule has 0 amide bonds. The van der Waals surface area contributed by atoms with Gasteiger partial charge in [0.15, 0.2) is 0 Å². The second kappa shape index (κ2) is 9.39. The minimum Gasteiger partial charge on any atom is -0.394 e. The van der Waals surface area contributed by atoms with Crippen molar-refractivity contribution in [3.63, 3.8) is 0 Å². The Morgan fingerprint density at radius 2 is 1.68 bits per heavy atom. The lowest BCUT2D eigenvalue weighted by Gasteiger charge is -2.41. The number of aliphatic hydroxyl groups is 4. The van der Waals surface area contributed by atoms with E-state index in [-0.39, 0.29) is 0 Å². The Bertz CT molecular complexity index is 905. The van der Waals surface area contributed by atoms with E-state index in [0.717, 1.165) is 44.1 Å².